The average Bonchev–Trinajstić information content (AvgIpc) is 3.01. The molecule has 0 bridgehead atoms. The molecule has 126 valence electrons. The normalized spacial score (nSPS) is 17.7. The molecule has 0 N–H and O–H groups in total. The Hall–Kier alpha value is -1.86. The fourth-order valence-corrected chi connectivity index (χ4v) is 3.95. The molecule has 24 heavy (non-hydrogen) atoms. The number of para-hydroxylation sites is 1. The van der Waals surface area contributed by atoms with Gasteiger partial charge >= 0.3 is 0 Å². The lowest BCUT2D eigenvalue weighted by atomic mass is 9.98. The van der Waals surface area contributed by atoms with Crippen LogP contribution in [0.1, 0.15) is 23.6 Å². The highest BCUT2D eigenvalue weighted by molar-refractivity contribution is 9.10. The highest BCUT2D eigenvalue weighted by Crippen LogP contribution is 2.38. The van der Waals surface area contributed by atoms with Crippen molar-refractivity contribution in [3.05, 3.63) is 64.1 Å². The molecule has 1 atom stereocenters. The van der Waals surface area contributed by atoms with E-state index in [1.54, 1.807) is 7.11 Å². The quantitative estimate of drug-likeness (QED) is 0.776. The molecule has 0 amide bonds. The molecule has 0 aromatic heterocycles. The number of nitrogens with zero attached hydrogens (tertiary/aromatic N) is 2. The first-order valence-corrected chi connectivity index (χ1v) is 10.00. The molecule has 0 aliphatic carbocycles. The minimum Gasteiger partial charge on any atom is -0.496 e. The first-order valence-electron chi connectivity index (χ1n) is 7.36. The number of rotatable bonds is 4. The molecule has 7 heteroatoms. The summed E-state index contributed by atoms with van der Waals surface area (Å²) in [5.41, 5.74) is 2.45. The van der Waals surface area contributed by atoms with Gasteiger partial charge in [-0.25, -0.2) is 8.42 Å². The Morgan fingerprint density at radius 2 is 1.83 bits per heavy atom. The lowest BCUT2D eigenvalue weighted by Crippen LogP contribution is -2.26. The van der Waals surface area contributed by atoms with Gasteiger partial charge in [0.05, 0.1) is 25.1 Å². The van der Waals surface area contributed by atoms with E-state index in [4.69, 9.17) is 4.74 Å². The highest BCUT2D eigenvalue weighted by Gasteiger charge is 2.35. The third-order valence-corrected chi connectivity index (χ3v) is 5.43. The van der Waals surface area contributed by atoms with Crippen molar-refractivity contribution >= 4 is 31.7 Å². The first-order chi connectivity index (χ1) is 11.4. The van der Waals surface area contributed by atoms with E-state index >= 15 is 0 Å². The van der Waals surface area contributed by atoms with Crippen molar-refractivity contribution in [2.24, 2.45) is 5.10 Å². The summed E-state index contributed by atoms with van der Waals surface area (Å²) in [4.78, 5) is 0. The molecule has 1 aliphatic heterocycles. The minimum absolute atomic E-state index is 0.408. The van der Waals surface area contributed by atoms with Crippen molar-refractivity contribution in [1.82, 2.24) is 4.41 Å². The van der Waals surface area contributed by atoms with Crippen LogP contribution in [0.15, 0.2) is 58.1 Å². The van der Waals surface area contributed by atoms with Gasteiger partial charge in [0, 0.05) is 16.5 Å². The largest absolute Gasteiger partial charge is 0.496 e. The van der Waals surface area contributed by atoms with E-state index in [1.807, 2.05) is 48.5 Å². The monoisotopic (exact) mass is 408 g/mol. The Bertz CT molecular complexity index is 879. The number of hydrogen-bond donors (Lipinski definition) is 0. The van der Waals surface area contributed by atoms with Crippen LogP contribution in [0.4, 0.5) is 0 Å². The van der Waals surface area contributed by atoms with Crippen LogP contribution < -0.4 is 4.74 Å². The molecule has 2 aromatic rings. The maximum absolute atomic E-state index is 12.2. The summed E-state index contributed by atoms with van der Waals surface area (Å²) in [6.07, 6.45) is 1.67. The molecule has 3 rings (SSSR count). The van der Waals surface area contributed by atoms with Gasteiger partial charge in [-0.3, -0.25) is 0 Å². The summed E-state index contributed by atoms with van der Waals surface area (Å²) in [7, 11) is -1.91. The van der Waals surface area contributed by atoms with E-state index in [2.05, 4.69) is 21.0 Å². The molecule has 2 aromatic carbocycles. The second kappa shape index (κ2) is 6.57. The van der Waals surface area contributed by atoms with Crippen LogP contribution in [0.2, 0.25) is 0 Å². The number of ether oxygens (including phenoxy) is 1. The Morgan fingerprint density at radius 1 is 1.17 bits per heavy atom. The van der Waals surface area contributed by atoms with Gasteiger partial charge in [0.2, 0.25) is 10.0 Å². The molecule has 0 spiro atoms. The van der Waals surface area contributed by atoms with Crippen LogP contribution >= 0.6 is 15.9 Å². The van der Waals surface area contributed by atoms with Gasteiger partial charge < -0.3 is 4.74 Å². The van der Waals surface area contributed by atoms with Crippen LogP contribution in [0.5, 0.6) is 5.75 Å². The molecular weight excluding hydrogens is 392 g/mol. The average molecular weight is 409 g/mol. The molecular formula is C17H17BrN2O3S. The van der Waals surface area contributed by atoms with E-state index in [0.717, 1.165) is 21.3 Å². The Balaban J connectivity index is 2.04. The maximum Gasteiger partial charge on any atom is 0.247 e. The summed E-state index contributed by atoms with van der Waals surface area (Å²) in [6.45, 7) is 0. The van der Waals surface area contributed by atoms with Gasteiger partial charge in [0.1, 0.15) is 5.75 Å². The third-order valence-electron chi connectivity index (χ3n) is 3.89. The topological polar surface area (TPSA) is 59.0 Å². The molecule has 5 nitrogen and oxygen atoms in total. The zero-order valence-corrected chi connectivity index (χ0v) is 15.7. The number of hydrogen-bond acceptors (Lipinski definition) is 4. The lowest BCUT2D eigenvalue weighted by molar-refractivity contribution is 0.352. The maximum atomic E-state index is 12.2. The number of benzene rings is 2. The van der Waals surface area contributed by atoms with Crippen molar-refractivity contribution in [3.63, 3.8) is 0 Å². The second-order valence-electron chi connectivity index (χ2n) is 5.55. The zero-order valence-electron chi connectivity index (χ0n) is 13.3. The molecule has 0 saturated heterocycles. The molecule has 1 aliphatic rings. The second-order valence-corrected chi connectivity index (χ2v) is 8.31. The molecule has 0 fully saturated rings. The van der Waals surface area contributed by atoms with Crippen LogP contribution in [0.25, 0.3) is 0 Å². The van der Waals surface area contributed by atoms with Crippen LogP contribution in [0, 0.1) is 0 Å². The van der Waals surface area contributed by atoms with E-state index < -0.39 is 16.1 Å². The van der Waals surface area contributed by atoms with E-state index in [-0.39, 0.29) is 0 Å². The van der Waals surface area contributed by atoms with E-state index in [1.165, 1.54) is 10.7 Å². The predicted octanol–water partition coefficient (Wildman–Crippen LogP) is 3.57. The highest BCUT2D eigenvalue weighted by atomic mass is 79.9. The van der Waals surface area contributed by atoms with Crippen LogP contribution in [0.3, 0.4) is 0 Å². The van der Waals surface area contributed by atoms with Gasteiger partial charge in [-0.15, -0.1) is 0 Å². The van der Waals surface area contributed by atoms with Gasteiger partial charge in [0.25, 0.3) is 0 Å². The first kappa shape index (κ1) is 17.0. The summed E-state index contributed by atoms with van der Waals surface area (Å²) < 4.78 is 32.0. The summed E-state index contributed by atoms with van der Waals surface area (Å²) in [5, 5.41) is 4.38. The SMILES string of the molecule is COc1ccccc1[C@@H]1CC(c2ccc(Br)cc2)=NN1S(C)(=O)=O. The Kier molecular flexibility index (Phi) is 4.64. The molecule has 1 heterocycles. The van der Waals surface area contributed by atoms with Crippen molar-refractivity contribution < 1.29 is 13.2 Å². The number of methoxy groups -OCH3 is 1. The fraction of sp³-hybridized carbons (Fsp3) is 0.235. The predicted molar refractivity (Wildman–Crippen MR) is 97.7 cm³/mol. The summed E-state index contributed by atoms with van der Waals surface area (Å²) in [6, 6.07) is 14.7. The van der Waals surface area contributed by atoms with Gasteiger partial charge in [-0.2, -0.15) is 9.52 Å². The summed E-state index contributed by atoms with van der Waals surface area (Å²) >= 11 is 3.40. The molecule has 0 radical (unpaired) electrons. The Morgan fingerprint density at radius 3 is 2.46 bits per heavy atom. The Labute approximate surface area is 150 Å². The molecule has 0 saturated carbocycles. The number of halogens is 1. The minimum atomic E-state index is -3.49. The van der Waals surface area contributed by atoms with Gasteiger partial charge in [-0.1, -0.05) is 46.3 Å². The van der Waals surface area contributed by atoms with Crippen molar-refractivity contribution in [2.75, 3.05) is 13.4 Å². The summed E-state index contributed by atoms with van der Waals surface area (Å²) in [5.74, 6) is 0.656. The van der Waals surface area contributed by atoms with Gasteiger partial charge in [0.15, 0.2) is 0 Å². The fourth-order valence-electron chi connectivity index (χ4n) is 2.78. The zero-order chi connectivity index (χ0) is 17.3. The van der Waals surface area contributed by atoms with E-state index in [9.17, 15) is 8.42 Å². The van der Waals surface area contributed by atoms with Crippen molar-refractivity contribution in [2.45, 2.75) is 12.5 Å². The lowest BCUT2D eigenvalue weighted by Gasteiger charge is -2.23. The van der Waals surface area contributed by atoms with Crippen LogP contribution in [-0.4, -0.2) is 31.9 Å². The smallest absolute Gasteiger partial charge is 0.247 e. The standard InChI is InChI=1S/C17H17BrN2O3S/c1-23-17-6-4-3-5-14(17)16-11-15(19-20(16)24(2,21)22)12-7-9-13(18)10-8-12/h3-10,16H,11H2,1-2H3/t16-/m0/s1. The molecule has 0 unspecified atom stereocenters. The third kappa shape index (κ3) is 3.32. The van der Waals surface area contributed by atoms with E-state index in [0.29, 0.717) is 12.2 Å². The van der Waals surface area contributed by atoms with Crippen molar-refractivity contribution in [1.29, 1.82) is 0 Å². The van der Waals surface area contributed by atoms with Crippen LogP contribution in [-0.2, 0) is 10.0 Å². The van der Waals surface area contributed by atoms with Crippen molar-refractivity contribution in [3.8, 4) is 5.75 Å². The number of hydrazone groups is 1. The van der Waals surface area contributed by atoms with Gasteiger partial charge in [-0.05, 0) is 23.8 Å². The number of sulfonamides is 1.